The fourth-order valence-corrected chi connectivity index (χ4v) is 2.14. The zero-order chi connectivity index (χ0) is 15.2. The highest BCUT2D eigenvalue weighted by Crippen LogP contribution is 2.12. The summed E-state index contributed by atoms with van der Waals surface area (Å²) >= 11 is 0. The van der Waals surface area contributed by atoms with Gasteiger partial charge in [-0.2, -0.15) is 0 Å². The maximum atomic E-state index is 11.9. The molecule has 0 aliphatic carbocycles. The zero-order valence-corrected chi connectivity index (χ0v) is 13.0. The van der Waals surface area contributed by atoms with E-state index >= 15 is 0 Å². The second-order valence-electron chi connectivity index (χ2n) is 6.37. The maximum Gasteiger partial charge on any atom is 0.410 e. The lowest BCUT2D eigenvalue weighted by molar-refractivity contribution is 0.0142. The second-order valence-corrected chi connectivity index (χ2v) is 6.37. The summed E-state index contributed by atoms with van der Waals surface area (Å²) in [6, 6.07) is 0.0592. The van der Waals surface area contributed by atoms with Crippen LogP contribution >= 0.6 is 0 Å². The van der Waals surface area contributed by atoms with Crippen molar-refractivity contribution in [3.63, 3.8) is 0 Å². The van der Waals surface area contributed by atoms with E-state index in [1.165, 1.54) is 0 Å². The number of carbonyl (C=O) groups excluding carboxylic acids is 1. The summed E-state index contributed by atoms with van der Waals surface area (Å²) in [6.07, 6.45) is 1.30. The van der Waals surface area contributed by atoms with Crippen LogP contribution in [0.5, 0.6) is 0 Å². The summed E-state index contributed by atoms with van der Waals surface area (Å²) in [4.78, 5) is 16.0. The van der Waals surface area contributed by atoms with Gasteiger partial charge in [0.2, 0.25) is 0 Å². The molecule has 1 aliphatic rings. The zero-order valence-electron chi connectivity index (χ0n) is 13.0. The Hall–Kier alpha value is -0.850. The van der Waals surface area contributed by atoms with Gasteiger partial charge in [0, 0.05) is 38.8 Å². The van der Waals surface area contributed by atoms with E-state index in [-0.39, 0.29) is 18.7 Å². The molecule has 0 aromatic heterocycles. The SMILES string of the molecule is CC(C)(C)OC(=O)N1CCN(CCC(N)CCO)CC1. The standard InChI is InChI=1S/C14H29N3O3/c1-14(2,3)20-13(19)17-9-7-16(8-10-17)6-4-12(15)5-11-18/h12,18H,4-11,15H2,1-3H3. The molecule has 1 saturated heterocycles. The average Bonchev–Trinajstić information content (AvgIpc) is 2.35. The van der Waals surface area contributed by atoms with Crippen molar-refractivity contribution in [2.75, 3.05) is 39.3 Å². The fourth-order valence-electron chi connectivity index (χ4n) is 2.14. The van der Waals surface area contributed by atoms with E-state index in [0.717, 1.165) is 26.1 Å². The average molecular weight is 287 g/mol. The first-order valence-electron chi connectivity index (χ1n) is 7.38. The van der Waals surface area contributed by atoms with Gasteiger partial charge in [-0.1, -0.05) is 0 Å². The topological polar surface area (TPSA) is 79.0 Å². The number of hydrogen-bond acceptors (Lipinski definition) is 5. The van der Waals surface area contributed by atoms with Crippen molar-refractivity contribution in [3.05, 3.63) is 0 Å². The number of nitrogens with two attached hydrogens (primary N) is 1. The molecule has 1 rings (SSSR count). The van der Waals surface area contributed by atoms with Crippen LogP contribution in [-0.2, 0) is 4.74 Å². The molecule has 0 spiro atoms. The molecule has 0 aromatic carbocycles. The van der Waals surface area contributed by atoms with E-state index in [0.29, 0.717) is 19.5 Å². The normalized spacial score (nSPS) is 18.9. The van der Waals surface area contributed by atoms with Crippen LogP contribution in [0.1, 0.15) is 33.6 Å². The molecule has 0 radical (unpaired) electrons. The van der Waals surface area contributed by atoms with E-state index < -0.39 is 5.60 Å². The summed E-state index contributed by atoms with van der Waals surface area (Å²) in [5.74, 6) is 0. The van der Waals surface area contributed by atoms with Gasteiger partial charge in [0.25, 0.3) is 0 Å². The summed E-state index contributed by atoms with van der Waals surface area (Å²) in [6.45, 7) is 9.80. The molecule has 3 N–H and O–H groups in total. The number of rotatable bonds is 5. The van der Waals surface area contributed by atoms with Gasteiger partial charge < -0.3 is 20.5 Å². The van der Waals surface area contributed by atoms with Crippen LogP contribution in [0.2, 0.25) is 0 Å². The highest BCUT2D eigenvalue weighted by molar-refractivity contribution is 5.68. The van der Waals surface area contributed by atoms with Crippen LogP contribution in [0.25, 0.3) is 0 Å². The molecule has 1 fully saturated rings. The lowest BCUT2D eigenvalue weighted by atomic mass is 10.1. The minimum atomic E-state index is -0.439. The van der Waals surface area contributed by atoms with Gasteiger partial charge in [-0.25, -0.2) is 4.79 Å². The Balaban J connectivity index is 2.24. The van der Waals surface area contributed by atoms with Gasteiger partial charge in [-0.3, -0.25) is 4.90 Å². The molecule has 0 aromatic rings. The van der Waals surface area contributed by atoms with Crippen molar-refractivity contribution >= 4 is 6.09 Å². The third-order valence-electron chi connectivity index (χ3n) is 3.34. The van der Waals surface area contributed by atoms with Crippen LogP contribution in [0, 0.1) is 0 Å². The number of carbonyl (C=O) groups is 1. The summed E-state index contributed by atoms with van der Waals surface area (Å²) in [5, 5.41) is 8.81. The monoisotopic (exact) mass is 287 g/mol. The van der Waals surface area contributed by atoms with Gasteiger partial charge in [0.15, 0.2) is 0 Å². The van der Waals surface area contributed by atoms with Crippen LogP contribution in [-0.4, -0.2) is 72.0 Å². The number of hydrogen-bond donors (Lipinski definition) is 2. The summed E-state index contributed by atoms with van der Waals surface area (Å²) in [5.41, 5.74) is 5.44. The first-order chi connectivity index (χ1) is 9.31. The van der Waals surface area contributed by atoms with Gasteiger partial charge in [0.05, 0.1) is 0 Å². The number of aliphatic hydroxyl groups is 1. The minimum Gasteiger partial charge on any atom is -0.444 e. The van der Waals surface area contributed by atoms with Gasteiger partial charge >= 0.3 is 6.09 Å². The van der Waals surface area contributed by atoms with Gasteiger partial charge in [-0.15, -0.1) is 0 Å². The molecule has 118 valence electrons. The Morgan fingerprint density at radius 2 is 1.85 bits per heavy atom. The number of aliphatic hydroxyl groups excluding tert-OH is 1. The Labute approximate surface area is 121 Å². The molecule has 20 heavy (non-hydrogen) atoms. The van der Waals surface area contributed by atoms with Crippen molar-refractivity contribution in [2.24, 2.45) is 5.73 Å². The third kappa shape index (κ3) is 6.54. The fraction of sp³-hybridized carbons (Fsp3) is 0.929. The van der Waals surface area contributed by atoms with Crippen LogP contribution < -0.4 is 5.73 Å². The van der Waals surface area contributed by atoms with Crippen molar-refractivity contribution in [1.29, 1.82) is 0 Å². The number of piperazine rings is 1. The molecule has 1 aliphatic heterocycles. The number of ether oxygens (including phenoxy) is 1. The molecule has 1 atom stereocenters. The van der Waals surface area contributed by atoms with Crippen LogP contribution in [0.3, 0.4) is 0 Å². The Morgan fingerprint density at radius 1 is 1.25 bits per heavy atom. The van der Waals surface area contributed by atoms with Crippen LogP contribution in [0.4, 0.5) is 4.79 Å². The third-order valence-corrected chi connectivity index (χ3v) is 3.34. The predicted octanol–water partition coefficient (Wildman–Crippen LogP) is 0.639. The number of amides is 1. The first-order valence-corrected chi connectivity index (χ1v) is 7.38. The predicted molar refractivity (Wildman–Crippen MR) is 78.5 cm³/mol. The minimum absolute atomic E-state index is 0.0592. The lowest BCUT2D eigenvalue weighted by Gasteiger charge is -2.35. The van der Waals surface area contributed by atoms with Crippen molar-refractivity contribution < 1.29 is 14.6 Å². The quantitative estimate of drug-likeness (QED) is 0.776. The van der Waals surface area contributed by atoms with Gasteiger partial charge in [0.1, 0.15) is 5.60 Å². The Kier molecular flexibility index (Phi) is 6.71. The molecule has 6 nitrogen and oxygen atoms in total. The van der Waals surface area contributed by atoms with E-state index in [2.05, 4.69) is 4.90 Å². The van der Waals surface area contributed by atoms with E-state index in [1.54, 1.807) is 4.90 Å². The molecular weight excluding hydrogens is 258 g/mol. The van der Waals surface area contributed by atoms with E-state index in [4.69, 9.17) is 15.6 Å². The maximum absolute atomic E-state index is 11.9. The highest BCUT2D eigenvalue weighted by atomic mass is 16.6. The molecule has 1 heterocycles. The Morgan fingerprint density at radius 3 is 2.35 bits per heavy atom. The van der Waals surface area contributed by atoms with E-state index in [1.807, 2.05) is 20.8 Å². The lowest BCUT2D eigenvalue weighted by Crippen LogP contribution is -2.50. The first kappa shape index (κ1) is 17.2. The van der Waals surface area contributed by atoms with Crippen molar-refractivity contribution in [3.8, 4) is 0 Å². The van der Waals surface area contributed by atoms with Crippen LogP contribution in [0.15, 0.2) is 0 Å². The molecule has 1 amide bonds. The van der Waals surface area contributed by atoms with Gasteiger partial charge in [-0.05, 0) is 40.2 Å². The summed E-state index contributed by atoms with van der Waals surface area (Å²) in [7, 11) is 0. The largest absolute Gasteiger partial charge is 0.444 e. The highest BCUT2D eigenvalue weighted by Gasteiger charge is 2.25. The van der Waals surface area contributed by atoms with E-state index in [9.17, 15) is 4.79 Å². The molecule has 1 unspecified atom stereocenters. The second kappa shape index (κ2) is 7.81. The smallest absolute Gasteiger partial charge is 0.410 e. The Bertz CT molecular complexity index is 297. The molecule has 0 saturated carbocycles. The van der Waals surface area contributed by atoms with Crippen molar-refractivity contribution in [2.45, 2.75) is 45.3 Å². The molecule has 0 bridgehead atoms. The molecular formula is C14H29N3O3. The number of nitrogens with zero attached hydrogens (tertiary/aromatic N) is 2. The molecule has 6 heteroatoms. The van der Waals surface area contributed by atoms with Crippen molar-refractivity contribution in [1.82, 2.24) is 9.80 Å². The summed E-state index contributed by atoms with van der Waals surface area (Å²) < 4.78 is 5.36.